The highest BCUT2D eigenvalue weighted by molar-refractivity contribution is 5.92. The van der Waals surface area contributed by atoms with Gasteiger partial charge in [0.2, 0.25) is 0 Å². The molecular formula is C23H22N6O. The van der Waals surface area contributed by atoms with Gasteiger partial charge in [0.15, 0.2) is 0 Å². The van der Waals surface area contributed by atoms with Crippen molar-refractivity contribution in [1.82, 2.24) is 25.3 Å². The van der Waals surface area contributed by atoms with E-state index in [0.29, 0.717) is 24.5 Å². The Labute approximate surface area is 174 Å². The Balaban J connectivity index is 1.47. The first-order valence-electron chi connectivity index (χ1n) is 9.64. The maximum absolute atomic E-state index is 12.6. The number of pyridine rings is 2. The van der Waals surface area contributed by atoms with Crippen molar-refractivity contribution in [3.05, 3.63) is 88.8 Å². The van der Waals surface area contributed by atoms with Gasteiger partial charge in [-0.25, -0.2) is 15.0 Å². The third kappa shape index (κ3) is 4.41. The molecule has 0 aliphatic rings. The van der Waals surface area contributed by atoms with Crippen LogP contribution in [0.1, 0.15) is 38.6 Å². The van der Waals surface area contributed by atoms with E-state index in [1.54, 1.807) is 12.1 Å². The number of nitrogens with zero attached hydrogens (tertiary/aromatic N) is 4. The molecule has 0 bridgehead atoms. The fraction of sp³-hybridized carbons (Fsp3) is 0.174. The van der Waals surface area contributed by atoms with Crippen molar-refractivity contribution in [1.29, 1.82) is 0 Å². The van der Waals surface area contributed by atoms with Crippen molar-refractivity contribution in [3.8, 4) is 0 Å². The van der Waals surface area contributed by atoms with Gasteiger partial charge in [-0.1, -0.05) is 12.1 Å². The smallest absolute Gasteiger partial charge is 0.270 e. The van der Waals surface area contributed by atoms with Crippen LogP contribution in [0.5, 0.6) is 0 Å². The first-order chi connectivity index (χ1) is 14.5. The molecule has 0 saturated carbocycles. The van der Waals surface area contributed by atoms with Gasteiger partial charge in [0.1, 0.15) is 17.8 Å². The molecule has 0 aliphatic carbocycles. The summed E-state index contributed by atoms with van der Waals surface area (Å²) in [6, 6.07) is 13.6. The lowest BCUT2D eigenvalue weighted by Crippen LogP contribution is -2.24. The molecule has 3 aromatic heterocycles. The Bertz CT molecular complexity index is 1240. The monoisotopic (exact) mass is 398 g/mol. The zero-order chi connectivity index (χ0) is 21.1. The Kier molecular flexibility index (Phi) is 5.34. The normalized spacial score (nSPS) is 10.9. The molecule has 7 heteroatoms. The molecule has 0 aliphatic heterocycles. The standard InChI is InChI=1S/C23H22N6O/c1-14-7-18-8-16(3-5-20(18)25-11-14)9-19-10-21(28-13-27-19)23(30)26-12-17-4-6-22(24)29-15(17)2/h3-8,10-11,13H,9,12H2,1-2H3,(H2,24,29)(H,26,30). The van der Waals surface area contributed by atoms with E-state index in [4.69, 9.17) is 5.73 Å². The Morgan fingerprint density at radius 2 is 1.90 bits per heavy atom. The second-order valence-corrected chi connectivity index (χ2v) is 7.27. The minimum atomic E-state index is -0.256. The Morgan fingerprint density at radius 3 is 2.73 bits per heavy atom. The third-order valence-electron chi connectivity index (χ3n) is 4.88. The molecule has 0 saturated heterocycles. The number of aromatic nitrogens is 4. The van der Waals surface area contributed by atoms with Crippen molar-refractivity contribution in [2.45, 2.75) is 26.8 Å². The van der Waals surface area contributed by atoms with E-state index in [1.165, 1.54) is 6.33 Å². The van der Waals surface area contributed by atoms with Crippen LogP contribution in [0.15, 0.2) is 55.0 Å². The molecule has 0 spiro atoms. The first-order valence-corrected chi connectivity index (χ1v) is 9.64. The van der Waals surface area contributed by atoms with Gasteiger partial charge in [0, 0.05) is 35.9 Å². The van der Waals surface area contributed by atoms with Crippen LogP contribution in [-0.4, -0.2) is 25.8 Å². The highest BCUT2D eigenvalue weighted by Gasteiger charge is 2.10. The quantitative estimate of drug-likeness (QED) is 0.535. The zero-order valence-electron chi connectivity index (χ0n) is 16.9. The second kappa shape index (κ2) is 8.24. The van der Waals surface area contributed by atoms with E-state index >= 15 is 0 Å². The lowest BCUT2D eigenvalue weighted by Gasteiger charge is -2.09. The third-order valence-corrected chi connectivity index (χ3v) is 4.88. The molecule has 30 heavy (non-hydrogen) atoms. The summed E-state index contributed by atoms with van der Waals surface area (Å²) in [7, 11) is 0. The molecule has 150 valence electrons. The van der Waals surface area contributed by atoms with Crippen molar-refractivity contribution >= 4 is 22.6 Å². The molecule has 0 unspecified atom stereocenters. The second-order valence-electron chi connectivity index (χ2n) is 7.27. The molecule has 4 rings (SSSR count). The zero-order valence-corrected chi connectivity index (χ0v) is 16.9. The Morgan fingerprint density at radius 1 is 1.03 bits per heavy atom. The van der Waals surface area contributed by atoms with E-state index in [9.17, 15) is 4.79 Å². The van der Waals surface area contributed by atoms with E-state index in [-0.39, 0.29) is 5.91 Å². The molecule has 1 aromatic carbocycles. The van der Waals surface area contributed by atoms with Crippen molar-refractivity contribution in [2.75, 3.05) is 5.73 Å². The lowest BCUT2D eigenvalue weighted by atomic mass is 10.1. The molecule has 3 heterocycles. The maximum Gasteiger partial charge on any atom is 0.270 e. The number of carbonyl (C=O) groups is 1. The minimum Gasteiger partial charge on any atom is -0.384 e. The van der Waals surface area contributed by atoms with Gasteiger partial charge in [-0.05, 0) is 60.9 Å². The van der Waals surface area contributed by atoms with Gasteiger partial charge in [-0.3, -0.25) is 9.78 Å². The van der Waals surface area contributed by atoms with Gasteiger partial charge in [0.25, 0.3) is 5.91 Å². The maximum atomic E-state index is 12.6. The summed E-state index contributed by atoms with van der Waals surface area (Å²) in [6.07, 6.45) is 3.89. The fourth-order valence-corrected chi connectivity index (χ4v) is 3.29. The average Bonchev–Trinajstić information content (AvgIpc) is 2.73. The predicted molar refractivity (Wildman–Crippen MR) is 116 cm³/mol. The summed E-state index contributed by atoms with van der Waals surface area (Å²) in [4.78, 5) is 29.6. The summed E-state index contributed by atoms with van der Waals surface area (Å²) in [5, 5.41) is 3.97. The molecular weight excluding hydrogens is 376 g/mol. The van der Waals surface area contributed by atoms with Crippen LogP contribution in [-0.2, 0) is 13.0 Å². The summed E-state index contributed by atoms with van der Waals surface area (Å²) in [5.41, 5.74) is 11.7. The number of hydrogen-bond acceptors (Lipinski definition) is 6. The number of amides is 1. The van der Waals surface area contributed by atoms with Gasteiger partial charge in [-0.2, -0.15) is 0 Å². The number of rotatable bonds is 5. The van der Waals surface area contributed by atoms with Crippen LogP contribution in [0.4, 0.5) is 5.82 Å². The molecule has 0 fully saturated rings. The predicted octanol–water partition coefficient (Wildman–Crippen LogP) is 3.14. The lowest BCUT2D eigenvalue weighted by molar-refractivity contribution is 0.0945. The molecule has 7 nitrogen and oxygen atoms in total. The van der Waals surface area contributed by atoms with E-state index in [2.05, 4.69) is 37.4 Å². The Hall–Kier alpha value is -3.87. The molecule has 0 atom stereocenters. The van der Waals surface area contributed by atoms with E-state index in [0.717, 1.165) is 39.0 Å². The van der Waals surface area contributed by atoms with E-state index < -0.39 is 0 Å². The van der Waals surface area contributed by atoms with Gasteiger partial charge >= 0.3 is 0 Å². The number of nitrogen functional groups attached to an aromatic ring is 1. The molecule has 0 radical (unpaired) electrons. The van der Waals surface area contributed by atoms with Crippen LogP contribution in [0, 0.1) is 13.8 Å². The van der Waals surface area contributed by atoms with Crippen LogP contribution in [0.3, 0.4) is 0 Å². The molecule has 1 amide bonds. The number of aryl methyl sites for hydroxylation is 2. The summed E-state index contributed by atoms with van der Waals surface area (Å²) < 4.78 is 0. The van der Waals surface area contributed by atoms with Crippen LogP contribution in [0.25, 0.3) is 10.9 Å². The molecule has 3 N–H and O–H groups in total. The number of nitrogens with two attached hydrogens (primary N) is 1. The summed E-state index contributed by atoms with van der Waals surface area (Å²) in [5.74, 6) is 0.205. The van der Waals surface area contributed by atoms with Crippen molar-refractivity contribution in [3.63, 3.8) is 0 Å². The number of anilines is 1. The van der Waals surface area contributed by atoms with Crippen LogP contribution >= 0.6 is 0 Å². The number of nitrogens with one attached hydrogen (secondary N) is 1. The van der Waals surface area contributed by atoms with Gasteiger partial charge < -0.3 is 11.1 Å². The number of fused-ring (bicyclic) bond motifs is 1. The largest absolute Gasteiger partial charge is 0.384 e. The average molecular weight is 398 g/mol. The van der Waals surface area contributed by atoms with Gasteiger partial charge in [-0.15, -0.1) is 0 Å². The number of hydrogen-bond donors (Lipinski definition) is 2. The number of carbonyl (C=O) groups excluding carboxylic acids is 1. The van der Waals surface area contributed by atoms with Crippen LogP contribution < -0.4 is 11.1 Å². The molecule has 4 aromatic rings. The number of benzene rings is 1. The summed E-state index contributed by atoms with van der Waals surface area (Å²) in [6.45, 7) is 4.24. The van der Waals surface area contributed by atoms with Crippen LogP contribution in [0.2, 0.25) is 0 Å². The van der Waals surface area contributed by atoms with Gasteiger partial charge in [0.05, 0.1) is 5.52 Å². The first kappa shape index (κ1) is 19.4. The topological polar surface area (TPSA) is 107 Å². The SMILES string of the molecule is Cc1cnc2ccc(Cc3cc(C(=O)NCc4ccc(N)nc4C)ncn3)cc2c1. The highest BCUT2D eigenvalue weighted by Crippen LogP contribution is 2.17. The fourth-order valence-electron chi connectivity index (χ4n) is 3.29. The minimum absolute atomic E-state index is 0.256. The van der Waals surface area contributed by atoms with Crippen molar-refractivity contribution < 1.29 is 4.79 Å². The van der Waals surface area contributed by atoms with E-state index in [1.807, 2.05) is 38.2 Å². The summed E-state index contributed by atoms with van der Waals surface area (Å²) >= 11 is 0. The highest BCUT2D eigenvalue weighted by atomic mass is 16.1. The van der Waals surface area contributed by atoms with Crippen molar-refractivity contribution in [2.24, 2.45) is 0 Å².